The van der Waals surface area contributed by atoms with Crippen molar-refractivity contribution in [3.63, 3.8) is 0 Å². The fourth-order valence-corrected chi connectivity index (χ4v) is 5.25. The summed E-state index contributed by atoms with van der Waals surface area (Å²) in [6.07, 6.45) is 6.88. The van der Waals surface area contributed by atoms with E-state index in [1.165, 1.54) is 32.1 Å². The zero-order valence-electron chi connectivity index (χ0n) is 17.5. The number of aliphatic imine (C=N–C) groups is 1. The van der Waals surface area contributed by atoms with Crippen LogP contribution in [0.5, 0.6) is 0 Å². The molecule has 0 radical (unpaired) electrons. The quantitative estimate of drug-likeness (QED) is 0.487. The molecule has 2 N–H and O–H groups in total. The van der Waals surface area contributed by atoms with E-state index in [0.29, 0.717) is 35.1 Å². The largest absolute Gasteiger partial charge is 0.511 e. The van der Waals surface area contributed by atoms with Crippen molar-refractivity contribution in [3.8, 4) is 0 Å². The minimum atomic E-state index is -5.25. The minimum Gasteiger partial charge on any atom is -0.355 e. The first-order chi connectivity index (χ1) is 13.6. The van der Waals surface area contributed by atoms with E-state index in [9.17, 15) is 21.6 Å². The Morgan fingerprint density at radius 3 is 2.21 bits per heavy atom. The van der Waals surface area contributed by atoms with Gasteiger partial charge in [-0.15, -0.1) is 0 Å². The van der Waals surface area contributed by atoms with Gasteiger partial charge in [0.1, 0.15) is 0 Å². The van der Waals surface area contributed by atoms with Crippen LogP contribution in [0.15, 0.2) is 4.99 Å². The number of rotatable bonds is 6. The van der Waals surface area contributed by atoms with Gasteiger partial charge >= 0.3 is 15.5 Å². The third-order valence-corrected chi connectivity index (χ3v) is 7.62. The second-order valence-corrected chi connectivity index (χ2v) is 10.1. The van der Waals surface area contributed by atoms with Crippen LogP contribution in [0, 0.1) is 5.92 Å². The first-order valence-corrected chi connectivity index (χ1v) is 11.7. The number of nitrogens with zero attached hydrogens (tertiary/aromatic N) is 3. The summed E-state index contributed by atoms with van der Waals surface area (Å²) < 4.78 is 61.7. The summed E-state index contributed by atoms with van der Waals surface area (Å²) in [5.74, 6) is 1.24. The Kier molecular flexibility index (Phi) is 8.59. The van der Waals surface area contributed by atoms with Crippen molar-refractivity contribution in [2.45, 2.75) is 62.5 Å². The molecule has 7 nitrogen and oxygen atoms in total. The predicted octanol–water partition coefficient (Wildman–Crippen LogP) is 1.98. The molecular weight excluding hydrogens is 407 g/mol. The molecule has 2 fully saturated rings. The smallest absolute Gasteiger partial charge is 0.355 e. The van der Waals surface area contributed by atoms with Gasteiger partial charge in [0.05, 0.1) is 0 Å². The maximum Gasteiger partial charge on any atom is 0.511 e. The van der Waals surface area contributed by atoms with Gasteiger partial charge in [0.15, 0.2) is 5.96 Å². The van der Waals surface area contributed by atoms with Crippen molar-refractivity contribution in [2.75, 3.05) is 40.8 Å². The molecule has 1 aliphatic carbocycles. The van der Waals surface area contributed by atoms with Crippen LogP contribution in [0.1, 0.15) is 44.9 Å². The number of piperidine rings is 1. The molecule has 2 aliphatic rings. The van der Waals surface area contributed by atoms with Crippen molar-refractivity contribution < 1.29 is 21.6 Å². The van der Waals surface area contributed by atoms with Crippen molar-refractivity contribution in [1.82, 2.24) is 19.8 Å². The highest BCUT2D eigenvalue weighted by Crippen LogP contribution is 2.29. The predicted molar refractivity (Wildman–Crippen MR) is 108 cm³/mol. The van der Waals surface area contributed by atoms with E-state index in [-0.39, 0.29) is 19.1 Å². The highest BCUT2D eigenvalue weighted by atomic mass is 32.2. The van der Waals surface area contributed by atoms with Crippen LogP contribution in [0.25, 0.3) is 0 Å². The molecule has 0 spiro atoms. The van der Waals surface area contributed by atoms with E-state index in [1.807, 2.05) is 0 Å². The minimum absolute atomic E-state index is 0.117. The molecule has 1 unspecified atom stereocenters. The Bertz CT molecular complexity index is 640. The first kappa shape index (κ1) is 24.2. The van der Waals surface area contributed by atoms with E-state index in [2.05, 4.69) is 34.6 Å². The molecule has 0 bridgehead atoms. The van der Waals surface area contributed by atoms with Crippen molar-refractivity contribution >= 4 is 16.0 Å². The van der Waals surface area contributed by atoms with E-state index in [4.69, 9.17) is 0 Å². The fraction of sp³-hybridized carbons (Fsp3) is 0.944. The Hall–Kier alpha value is -1.07. The van der Waals surface area contributed by atoms with Crippen LogP contribution in [0.2, 0.25) is 0 Å². The first-order valence-electron chi connectivity index (χ1n) is 10.3. The van der Waals surface area contributed by atoms with E-state index in [0.717, 1.165) is 6.54 Å². The van der Waals surface area contributed by atoms with Crippen LogP contribution in [0.3, 0.4) is 0 Å². The Morgan fingerprint density at radius 1 is 1.14 bits per heavy atom. The van der Waals surface area contributed by atoms with Crippen LogP contribution in [0.4, 0.5) is 13.2 Å². The molecule has 0 amide bonds. The Labute approximate surface area is 172 Å². The summed E-state index contributed by atoms with van der Waals surface area (Å²) in [5, 5.41) is 6.58. The average molecular weight is 442 g/mol. The van der Waals surface area contributed by atoms with Gasteiger partial charge < -0.3 is 15.5 Å². The van der Waals surface area contributed by atoms with Gasteiger partial charge in [-0.3, -0.25) is 4.99 Å². The molecule has 2 rings (SSSR count). The highest BCUT2D eigenvalue weighted by Gasteiger charge is 2.50. The molecule has 1 saturated carbocycles. The molecule has 170 valence electrons. The van der Waals surface area contributed by atoms with Crippen molar-refractivity contribution in [2.24, 2.45) is 10.9 Å². The van der Waals surface area contributed by atoms with Gasteiger partial charge in [0.25, 0.3) is 0 Å². The summed E-state index contributed by atoms with van der Waals surface area (Å²) in [4.78, 5) is 6.46. The summed E-state index contributed by atoms with van der Waals surface area (Å²) >= 11 is 0. The summed E-state index contributed by atoms with van der Waals surface area (Å²) in [6.45, 7) is 0.427. The molecular formula is C18H34F3N5O2S. The molecule has 11 heteroatoms. The van der Waals surface area contributed by atoms with E-state index in [1.54, 1.807) is 7.05 Å². The standard InChI is InChI=1S/C18H34F3N5O2S/c1-22-17(23-13-16(25(2)3)14-7-5-4-6-8-14)24-15-9-11-26(12-10-15)29(27,28)18(19,20)21/h14-16H,4-13H2,1-3H3,(H2,22,23,24). The fourth-order valence-electron chi connectivity index (χ4n) is 4.27. The van der Waals surface area contributed by atoms with Gasteiger partial charge in [-0.25, -0.2) is 8.42 Å². The maximum atomic E-state index is 12.7. The molecule has 0 aromatic heterocycles. The zero-order valence-corrected chi connectivity index (χ0v) is 18.3. The molecule has 1 aliphatic heterocycles. The topological polar surface area (TPSA) is 77.0 Å². The van der Waals surface area contributed by atoms with Crippen LogP contribution in [-0.2, 0) is 10.0 Å². The molecule has 29 heavy (non-hydrogen) atoms. The maximum absolute atomic E-state index is 12.7. The SMILES string of the molecule is CN=C(NCC(C1CCCCC1)N(C)C)NC1CCN(S(=O)(=O)C(F)(F)F)CC1. The second-order valence-electron chi connectivity index (χ2n) is 8.15. The Balaban J connectivity index is 1.84. The number of halogens is 3. The third-order valence-electron chi connectivity index (χ3n) is 5.99. The Morgan fingerprint density at radius 2 is 1.72 bits per heavy atom. The van der Waals surface area contributed by atoms with E-state index >= 15 is 0 Å². The lowest BCUT2D eigenvalue weighted by molar-refractivity contribution is -0.0494. The van der Waals surface area contributed by atoms with Gasteiger partial charge in [-0.2, -0.15) is 17.5 Å². The number of likely N-dealkylation sites (N-methyl/N-ethyl adjacent to an activating group) is 1. The lowest BCUT2D eigenvalue weighted by atomic mass is 9.83. The molecule has 1 heterocycles. The monoisotopic (exact) mass is 441 g/mol. The number of sulfonamides is 1. The molecule has 1 atom stereocenters. The van der Waals surface area contributed by atoms with Crippen molar-refractivity contribution in [1.29, 1.82) is 0 Å². The number of alkyl halides is 3. The molecule has 0 aromatic rings. The summed E-state index contributed by atoms with van der Waals surface area (Å²) in [7, 11) is 0.565. The number of guanidine groups is 1. The number of hydrogen-bond donors (Lipinski definition) is 2. The highest BCUT2D eigenvalue weighted by molar-refractivity contribution is 7.90. The third kappa shape index (κ3) is 6.45. The normalized spacial score (nSPS) is 22.7. The van der Waals surface area contributed by atoms with Gasteiger partial charge in [0.2, 0.25) is 0 Å². The van der Waals surface area contributed by atoms with Gasteiger partial charge in [-0.1, -0.05) is 19.3 Å². The lowest BCUT2D eigenvalue weighted by Crippen LogP contribution is -2.53. The van der Waals surface area contributed by atoms with Gasteiger partial charge in [0, 0.05) is 38.8 Å². The van der Waals surface area contributed by atoms with E-state index < -0.39 is 15.5 Å². The summed E-state index contributed by atoms with van der Waals surface area (Å²) in [6, 6.07) is 0.265. The van der Waals surface area contributed by atoms with Crippen LogP contribution < -0.4 is 10.6 Å². The van der Waals surface area contributed by atoms with Crippen molar-refractivity contribution in [3.05, 3.63) is 0 Å². The van der Waals surface area contributed by atoms with Crippen LogP contribution in [-0.4, -0.2) is 82.0 Å². The summed E-state index contributed by atoms with van der Waals surface area (Å²) in [5.41, 5.74) is -5.24. The zero-order chi connectivity index (χ0) is 21.7. The number of nitrogens with one attached hydrogen (secondary N) is 2. The van der Waals surface area contributed by atoms with Crippen LogP contribution >= 0.6 is 0 Å². The molecule has 0 aromatic carbocycles. The molecule has 1 saturated heterocycles. The second kappa shape index (κ2) is 10.3. The number of hydrogen-bond acceptors (Lipinski definition) is 4. The van der Waals surface area contributed by atoms with Gasteiger partial charge in [-0.05, 0) is 45.7 Å². The lowest BCUT2D eigenvalue weighted by Gasteiger charge is -2.36. The average Bonchev–Trinajstić information content (AvgIpc) is 2.67.